The average Bonchev–Trinajstić information content (AvgIpc) is 2.70. The molecule has 0 aliphatic rings. The lowest BCUT2D eigenvalue weighted by atomic mass is 10.3. The van der Waals surface area contributed by atoms with E-state index in [2.05, 4.69) is 0 Å². The topological polar surface area (TPSA) is 37.4 Å². The standard InChI is InChI=1S/C10H16ClNO2S2/c1-12(8-10-4-6-15-9-10)16(13,14)7-3-2-5-11/h4,6,9H,2-3,5,7-8H2,1H3. The number of nitrogens with zero attached hydrogens (tertiary/aromatic N) is 1. The van der Waals surface area contributed by atoms with Crippen LogP contribution in [0.1, 0.15) is 18.4 Å². The first-order valence-electron chi connectivity index (χ1n) is 5.07. The number of thiophene rings is 1. The Hall–Kier alpha value is -0.100. The van der Waals surface area contributed by atoms with Crippen molar-refractivity contribution < 1.29 is 8.42 Å². The van der Waals surface area contributed by atoms with Gasteiger partial charge in [0.25, 0.3) is 0 Å². The summed E-state index contributed by atoms with van der Waals surface area (Å²) in [5.41, 5.74) is 1.04. The molecule has 1 aromatic heterocycles. The molecule has 0 aliphatic carbocycles. The molecule has 1 aromatic rings. The van der Waals surface area contributed by atoms with Crippen molar-refractivity contribution in [3.63, 3.8) is 0 Å². The fourth-order valence-corrected chi connectivity index (χ4v) is 3.35. The molecule has 0 aromatic carbocycles. The van der Waals surface area contributed by atoms with E-state index in [4.69, 9.17) is 11.6 Å². The average molecular weight is 282 g/mol. The van der Waals surface area contributed by atoms with E-state index in [1.807, 2.05) is 16.8 Å². The zero-order valence-electron chi connectivity index (χ0n) is 9.23. The highest BCUT2D eigenvalue weighted by Gasteiger charge is 2.17. The summed E-state index contributed by atoms with van der Waals surface area (Å²) in [5.74, 6) is 0.699. The van der Waals surface area contributed by atoms with Crippen molar-refractivity contribution in [1.82, 2.24) is 4.31 Å². The molecule has 0 aliphatic heterocycles. The zero-order chi connectivity index (χ0) is 12.0. The summed E-state index contributed by atoms with van der Waals surface area (Å²) in [6.45, 7) is 0.451. The minimum atomic E-state index is -3.13. The Balaban J connectivity index is 2.48. The largest absolute Gasteiger partial charge is 0.214 e. The Labute approximate surface area is 106 Å². The van der Waals surface area contributed by atoms with Gasteiger partial charge in [0, 0.05) is 19.5 Å². The van der Waals surface area contributed by atoms with Gasteiger partial charge in [0.05, 0.1) is 5.75 Å². The van der Waals surface area contributed by atoms with Crippen LogP contribution in [0.2, 0.25) is 0 Å². The van der Waals surface area contributed by atoms with E-state index in [1.54, 1.807) is 18.4 Å². The number of hydrogen-bond acceptors (Lipinski definition) is 3. The Bertz CT molecular complexity index is 389. The van der Waals surface area contributed by atoms with Gasteiger partial charge in [0.1, 0.15) is 0 Å². The minimum Gasteiger partial charge on any atom is -0.212 e. The van der Waals surface area contributed by atoms with E-state index in [-0.39, 0.29) is 5.75 Å². The molecule has 0 radical (unpaired) electrons. The Morgan fingerprint density at radius 1 is 1.44 bits per heavy atom. The summed E-state index contributed by atoms with van der Waals surface area (Å²) >= 11 is 7.09. The van der Waals surface area contributed by atoms with E-state index in [1.165, 1.54) is 4.31 Å². The van der Waals surface area contributed by atoms with Crippen LogP contribution in [0, 0.1) is 0 Å². The molecule has 1 rings (SSSR count). The first-order valence-corrected chi connectivity index (χ1v) is 8.16. The fraction of sp³-hybridized carbons (Fsp3) is 0.600. The Kier molecular flexibility index (Phi) is 5.75. The van der Waals surface area contributed by atoms with Crippen LogP contribution in [0.4, 0.5) is 0 Å². The lowest BCUT2D eigenvalue weighted by Gasteiger charge is -2.16. The molecule has 0 bridgehead atoms. The summed E-state index contributed by atoms with van der Waals surface area (Å²) in [7, 11) is -1.51. The van der Waals surface area contributed by atoms with Crippen LogP contribution in [-0.2, 0) is 16.6 Å². The molecule has 16 heavy (non-hydrogen) atoms. The Morgan fingerprint density at radius 3 is 2.75 bits per heavy atom. The lowest BCUT2D eigenvalue weighted by Crippen LogP contribution is -2.28. The van der Waals surface area contributed by atoms with Gasteiger partial charge < -0.3 is 0 Å². The van der Waals surface area contributed by atoms with Crippen molar-refractivity contribution in [2.75, 3.05) is 18.7 Å². The molecule has 0 N–H and O–H groups in total. The molecule has 3 nitrogen and oxygen atoms in total. The number of hydrogen-bond donors (Lipinski definition) is 0. The summed E-state index contributed by atoms with van der Waals surface area (Å²) in [5, 5.41) is 3.91. The summed E-state index contributed by atoms with van der Waals surface area (Å²) in [4.78, 5) is 0. The van der Waals surface area contributed by atoms with E-state index < -0.39 is 10.0 Å². The molecule has 0 spiro atoms. The maximum absolute atomic E-state index is 11.8. The minimum absolute atomic E-state index is 0.181. The predicted molar refractivity (Wildman–Crippen MR) is 69.5 cm³/mol. The van der Waals surface area contributed by atoms with Crippen molar-refractivity contribution in [2.45, 2.75) is 19.4 Å². The number of alkyl halides is 1. The van der Waals surface area contributed by atoms with Gasteiger partial charge >= 0.3 is 0 Å². The second-order valence-corrected chi connectivity index (χ2v) is 6.95. The summed E-state index contributed by atoms with van der Waals surface area (Å²) < 4.78 is 25.0. The molecule has 0 saturated carbocycles. The maximum atomic E-state index is 11.8. The van der Waals surface area contributed by atoms with Gasteiger partial charge in [-0.05, 0) is 35.2 Å². The van der Waals surface area contributed by atoms with Crippen molar-refractivity contribution in [1.29, 1.82) is 0 Å². The summed E-state index contributed by atoms with van der Waals surface area (Å²) in [6.07, 6.45) is 1.37. The third-order valence-corrected chi connectivity index (χ3v) is 5.13. The highest BCUT2D eigenvalue weighted by Crippen LogP contribution is 2.12. The molecule has 0 amide bonds. The van der Waals surface area contributed by atoms with Crippen LogP contribution in [-0.4, -0.2) is 31.4 Å². The molecule has 92 valence electrons. The highest BCUT2D eigenvalue weighted by molar-refractivity contribution is 7.89. The van der Waals surface area contributed by atoms with Crippen LogP contribution in [0.25, 0.3) is 0 Å². The number of unbranched alkanes of at least 4 members (excludes halogenated alkanes) is 1. The van der Waals surface area contributed by atoms with E-state index in [0.717, 1.165) is 12.0 Å². The van der Waals surface area contributed by atoms with Crippen LogP contribution in [0.5, 0.6) is 0 Å². The van der Waals surface area contributed by atoms with Gasteiger partial charge in [-0.25, -0.2) is 12.7 Å². The monoisotopic (exact) mass is 281 g/mol. The van der Waals surface area contributed by atoms with Crippen molar-refractivity contribution in [3.8, 4) is 0 Å². The lowest BCUT2D eigenvalue weighted by molar-refractivity contribution is 0.465. The van der Waals surface area contributed by atoms with E-state index in [0.29, 0.717) is 18.8 Å². The van der Waals surface area contributed by atoms with Crippen molar-refractivity contribution in [3.05, 3.63) is 22.4 Å². The van der Waals surface area contributed by atoms with E-state index in [9.17, 15) is 8.42 Å². The fourth-order valence-electron chi connectivity index (χ4n) is 1.27. The zero-order valence-corrected chi connectivity index (χ0v) is 11.6. The highest BCUT2D eigenvalue weighted by atomic mass is 35.5. The molecule has 0 unspecified atom stereocenters. The predicted octanol–water partition coefficient (Wildman–Crippen LogP) is 2.53. The van der Waals surface area contributed by atoms with Crippen LogP contribution in [0.15, 0.2) is 16.8 Å². The first kappa shape index (κ1) is 14.0. The SMILES string of the molecule is CN(Cc1ccsc1)S(=O)(=O)CCCCCl. The van der Waals surface area contributed by atoms with E-state index >= 15 is 0 Å². The molecular weight excluding hydrogens is 266 g/mol. The maximum Gasteiger partial charge on any atom is 0.214 e. The van der Waals surface area contributed by atoms with Crippen LogP contribution >= 0.6 is 22.9 Å². The second kappa shape index (κ2) is 6.59. The molecule has 0 atom stereocenters. The van der Waals surface area contributed by atoms with Crippen LogP contribution < -0.4 is 0 Å². The number of halogens is 1. The molecular formula is C10H16ClNO2S2. The smallest absolute Gasteiger partial charge is 0.212 e. The number of sulfonamides is 1. The van der Waals surface area contributed by atoms with Crippen molar-refractivity contribution in [2.24, 2.45) is 0 Å². The van der Waals surface area contributed by atoms with Crippen molar-refractivity contribution >= 4 is 33.0 Å². The van der Waals surface area contributed by atoms with Crippen LogP contribution in [0.3, 0.4) is 0 Å². The van der Waals surface area contributed by atoms with Gasteiger partial charge in [0.15, 0.2) is 0 Å². The van der Waals surface area contributed by atoms with Gasteiger partial charge in [-0.3, -0.25) is 0 Å². The third-order valence-electron chi connectivity index (χ3n) is 2.25. The van der Waals surface area contributed by atoms with Gasteiger partial charge in [0.2, 0.25) is 10.0 Å². The number of rotatable bonds is 7. The molecule has 6 heteroatoms. The summed E-state index contributed by atoms with van der Waals surface area (Å²) in [6, 6.07) is 1.94. The van der Waals surface area contributed by atoms with Gasteiger partial charge in [-0.2, -0.15) is 11.3 Å². The quantitative estimate of drug-likeness (QED) is 0.569. The van der Waals surface area contributed by atoms with Gasteiger partial charge in [-0.15, -0.1) is 11.6 Å². The van der Waals surface area contributed by atoms with Gasteiger partial charge in [-0.1, -0.05) is 0 Å². The molecule has 1 heterocycles. The first-order chi connectivity index (χ1) is 7.56. The normalized spacial score (nSPS) is 12.2. The Morgan fingerprint density at radius 2 is 2.19 bits per heavy atom. The third kappa shape index (κ3) is 4.41. The molecule has 0 saturated heterocycles. The second-order valence-electron chi connectivity index (χ2n) is 3.60. The molecule has 0 fully saturated rings.